The van der Waals surface area contributed by atoms with Crippen LogP contribution in [0.5, 0.6) is 0 Å². The summed E-state index contributed by atoms with van der Waals surface area (Å²) in [5.41, 5.74) is 3.57. The van der Waals surface area contributed by atoms with Crippen LogP contribution >= 0.6 is 23.1 Å². The Kier molecular flexibility index (Phi) is 5.76. The average molecular weight is 371 g/mol. The number of amides is 1. The van der Waals surface area contributed by atoms with E-state index in [1.807, 2.05) is 49.2 Å². The van der Waals surface area contributed by atoms with Crippen LogP contribution in [0.1, 0.15) is 29.1 Å². The van der Waals surface area contributed by atoms with Crippen molar-refractivity contribution in [2.75, 3.05) is 12.8 Å². The Bertz CT molecular complexity index is 842. The maximum absolute atomic E-state index is 12.5. The first-order valence-corrected chi connectivity index (χ1v) is 10.3. The quantitative estimate of drug-likeness (QED) is 0.608. The fourth-order valence-corrected chi connectivity index (χ4v) is 4.66. The number of carbonyl (C=O) groups excluding carboxylic acids is 1. The molecule has 130 valence electrons. The van der Waals surface area contributed by atoms with Gasteiger partial charge < -0.3 is 4.90 Å². The second-order valence-corrected chi connectivity index (χ2v) is 8.17. The van der Waals surface area contributed by atoms with E-state index in [1.54, 1.807) is 23.1 Å². The molecule has 0 fully saturated rings. The third kappa shape index (κ3) is 4.22. The third-order valence-corrected chi connectivity index (χ3v) is 6.56. The summed E-state index contributed by atoms with van der Waals surface area (Å²) in [4.78, 5) is 19.0. The van der Waals surface area contributed by atoms with Crippen molar-refractivity contribution in [3.05, 3.63) is 64.7 Å². The Morgan fingerprint density at radius 2 is 1.92 bits per heavy atom. The van der Waals surface area contributed by atoms with Crippen molar-refractivity contribution >= 4 is 39.2 Å². The molecule has 0 aliphatic heterocycles. The minimum Gasteiger partial charge on any atom is -0.336 e. The molecule has 3 rings (SSSR count). The number of aryl methyl sites for hydroxylation is 1. The number of para-hydroxylation sites is 1. The lowest BCUT2D eigenvalue weighted by Crippen LogP contribution is -2.31. The predicted molar refractivity (Wildman–Crippen MR) is 108 cm³/mol. The Morgan fingerprint density at radius 1 is 1.20 bits per heavy atom. The van der Waals surface area contributed by atoms with E-state index in [9.17, 15) is 4.79 Å². The zero-order valence-electron chi connectivity index (χ0n) is 14.7. The molecule has 0 aliphatic rings. The number of thioether (sulfide) groups is 1. The minimum absolute atomic E-state index is 0.0102. The second-order valence-electron chi connectivity index (χ2n) is 6.12. The molecular formula is C20H22N2OS2. The van der Waals surface area contributed by atoms with E-state index in [0.717, 1.165) is 16.3 Å². The summed E-state index contributed by atoms with van der Waals surface area (Å²) in [5, 5.41) is 0.987. The van der Waals surface area contributed by atoms with Gasteiger partial charge in [0.25, 0.3) is 0 Å². The number of nitrogens with zero attached hydrogens (tertiary/aromatic N) is 2. The zero-order chi connectivity index (χ0) is 17.8. The average Bonchev–Trinajstić information content (AvgIpc) is 3.06. The molecule has 0 radical (unpaired) electrons. The van der Waals surface area contributed by atoms with E-state index in [0.29, 0.717) is 5.75 Å². The number of rotatable bonds is 6. The molecule has 0 bridgehead atoms. The molecule has 3 nitrogen and oxygen atoms in total. The third-order valence-electron chi connectivity index (χ3n) is 4.39. The maximum atomic E-state index is 12.5. The van der Waals surface area contributed by atoms with Crippen LogP contribution in [0, 0.1) is 6.92 Å². The molecule has 3 aromatic rings. The van der Waals surface area contributed by atoms with Gasteiger partial charge in [0.05, 0.1) is 22.0 Å². The fourth-order valence-electron chi connectivity index (χ4n) is 2.57. The second kappa shape index (κ2) is 8.02. The lowest BCUT2D eigenvalue weighted by Gasteiger charge is -2.23. The van der Waals surface area contributed by atoms with E-state index >= 15 is 0 Å². The molecule has 0 aliphatic carbocycles. The molecule has 1 atom stereocenters. The standard InChI is InChI=1S/C20H22N2OS2/c1-14-8-4-5-9-16(14)12-24-13-19(23)22(3)15(2)20-21-17-10-6-7-11-18(17)25-20/h4-11,15H,12-13H2,1-3H3/t15-/m0/s1. The Labute approximate surface area is 157 Å². The summed E-state index contributed by atoms with van der Waals surface area (Å²) < 4.78 is 1.17. The number of hydrogen-bond acceptors (Lipinski definition) is 4. The molecule has 25 heavy (non-hydrogen) atoms. The van der Waals surface area contributed by atoms with Gasteiger partial charge in [-0.1, -0.05) is 36.4 Å². The summed E-state index contributed by atoms with van der Waals surface area (Å²) in [5.74, 6) is 1.49. The molecule has 1 heterocycles. The highest BCUT2D eigenvalue weighted by Crippen LogP contribution is 2.29. The highest BCUT2D eigenvalue weighted by molar-refractivity contribution is 7.99. The highest BCUT2D eigenvalue weighted by Gasteiger charge is 2.20. The van der Waals surface area contributed by atoms with Crippen LogP contribution in [0.3, 0.4) is 0 Å². The number of carbonyl (C=O) groups is 1. The van der Waals surface area contributed by atoms with E-state index < -0.39 is 0 Å². The van der Waals surface area contributed by atoms with Gasteiger partial charge in [0.1, 0.15) is 5.01 Å². The minimum atomic E-state index is -0.0102. The molecule has 0 unspecified atom stereocenters. The molecule has 0 N–H and O–H groups in total. The zero-order valence-corrected chi connectivity index (χ0v) is 16.4. The number of fused-ring (bicyclic) bond motifs is 1. The molecule has 2 aromatic carbocycles. The molecule has 0 saturated carbocycles. The summed E-state index contributed by atoms with van der Waals surface area (Å²) in [7, 11) is 1.87. The largest absolute Gasteiger partial charge is 0.336 e. The predicted octanol–water partition coefficient (Wildman–Crippen LogP) is 5.06. The lowest BCUT2D eigenvalue weighted by molar-refractivity contribution is -0.128. The first kappa shape index (κ1) is 18.0. The Morgan fingerprint density at radius 3 is 2.68 bits per heavy atom. The van der Waals surface area contributed by atoms with Crippen molar-refractivity contribution in [1.29, 1.82) is 0 Å². The Balaban J connectivity index is 1.58. The lowest BCUT2D eigenvalue weighted by atomic mass is 10.1. The maximum Gasteiger partial charge on any atom is 0.232 e. The number of aromatic nitrogens is 1. The van der Waals surface area contributed by atoms with Crippen molar-refractivity contribution < 1.29 is 4.79 Å². The van der Waals surface area contributed by atoms with Crippen LogP contribution in [-0.4, -0.2) is 28.6 Å². The van der Waals surface area contributed by atoms with Crippen molar-refractivity contribution in [2.24, 2.45) is 0 Å². The molecule has 1 amide bonds. The summed E-state index contributed by atoms with van der Waals surface area (Å²) in [6.07, 6.45) is 0. The SMILES string of the molecule is Cc1ccccc1CSCC(=O)N(C)[C@@H](C)c1nc2ccccc2s1. The molecule has 0 saturated heterocycles. The monoisotopic (exact) mass is 370 g/mol. The van der Waals surface area contributed by atoms with Gasteiger partial charge in [-0.25, -0.2) is 4.98 Å². The van der Waals surface area contributed by atoms with Crippen molar-refractivity contribution in [3.63, 3.8) is 0 Å². The highest BCUT2D eigenvalue weighted by atomic mass is 32.2. The van der Waals surface area contributed by atoms with Gasteiger partial charge in [0, 0.05) is 12.8 Å². The first-order valence-electron chi connectivity index (χ1n) is 8.29. The van der Waals surface area contributed by atoms with E-state index in [-0.39, 0.29) is 11.9 Å². The van der Waals surface area contributed by atoms with Gasteiger partial charge in [-0.15, -0.1) is 23.1 Å². The number of hydrogen-bond donors (Lipinski definition) is 0. The molecule has 5 heteroatoms. The first-order chi connectivity index (χ1) is 12.1. The summed E-state index contributed by atoms with van der Waals surface area (Å²) in [6.45, 7) is 4.15. The van der Waals surface area contributed by atoms with E-state index in [1.165, 1.54) is 15.8 Å². The van der Waals surface area contributed by atoms with Gasteiger partial charge in [-0.3, -0.25) is 4.79 Å². The summed E-state index contributed by atoms with van der Waals surface area (Å²) >= 11 is 3.33. The van der Waals surface area contributed by atoms with E-state index in [2.05, 4.69) is 30.1 Å². The van der Waals surface area contributed by atoms with Crippen LogP contribution in [-0.2, 0) is 10.5 Å². The topological polar surface area (TPSA) is 33.2 Å². The normalized spacial score (nSPS) is 12.3. The summed E-state index contributed by atoms with van der Waals surface area (Å²) in [6, 6.07) is 16.4. The molecular weight excluding hydrogens is 348 g/mol. The Hall–Kier alpha value is -1.85. The van der Waals surface area contributed by atoms with Gasteiger partial charge in [-0.05, 0) is 37.1 Å². The number of thiazole rings is 1. The van der Waals surface area contributed by atoms with Gasteiger partial charge in [0.15, 0.2) is 0 Å². The molecule has 0 spiro atoms. The van der Waals surface area contributed by atoms with Gasteiger partial charge >= 0.3 is 0 Å². The van der Waals surface area contributed by atoms with Crippen molar-refractivity contribution in [3.8, 4) is 0 Å². The van der Waals surface area contributed by atoms with Crippen LogP contribution < -0.4 is 0 Å². The van der Waals surface area contributed by atoms with Crippen LogP contribution in [0.4, 0.5) is 0 Å². The molecule has 1 aromatic heterocycles. The fraction of sp³-hybridized carbons (Fsp3) is 0.300. The van der Waals surface area contributed by atoms with Crippen molar-refractivity contribution in [1.82, 2.24) is 9.88 Å². The van der Waals surface area contributed by atoms with Crippen LogP contribution in [0.15, 0.2) is 48.5 Å². The van der Waals surface area contributed by atoms with Crippen LogP contribution in [0.25, 0.3) is 10.2 Å². The van der Waals surface area contributed by atoms with Crippen LogP contribution in [0.2, 0.25) is 0 Å². The van der Waals surface area contributed by atoms with E-state index in [4.69, 9.17) is 0 Å². The van der Waals surface area contributed by atoms with Crippen molar-refractivity contribution in [2.45, 2.75) is 25.6 Å². The number of benzene rings is 2. The van der Waals surface area contributed by atoms with Gasteiger partial charge in [0.2, 0.25) is 5.91 Å². The smallest absolute Gasteiger partial charge is 0.232 e. The van der Waals surface area contributed by atoms with Gasteiger partial charge in [-0.2, -0.15) is 0 Å².